The Morgan fingerprint density at radius 2 is 1.95 bits per heavy atom. The lowest BCUT2D eigenvalue weighted by Crippen LogP contribution is -2.54. The molecule has 0 saturated carbocycles. The molecule has 0 spiro atoms. The molecule has 1 N–H and O–H groups in total. The summed E-state index contributed by atoms with van der Waals surface area (Å²) < 4.78 is 5.20. The van der Waals surface area contributed by atoms with Crippen molar-refractivity contribution < 1.29 is 14.3 Å². The highest BCUT2D eigenvalue weighted by Gasteiger charge is 2.31. The Morgan fingerprint density at radius 1 is 1.32 bits per heavy atom. The maximum Gasteiger partial charge on any atom is 0.247 e. The number of nitrogens with one attached hydrogen (secondary N) is 1. The van der Waals surface area contributed by atoms with Crippen LogP contribution in [-0.4, -0.2) is 43.5 Å². The molecule has 0 aliphatic carbocycles. The van der Waals surface area contributed by atoms with Crippen molar-refractivity contribution in [3.63, 3.8) is 0 Å². The van der Waals surface area contributed by atoms with Crippen LogP contribution in [0.3, 0.4) is 0 Å². The standard InChI is InChI=1S/C17H26N2O3/c1-12(13-8-7-9-14(11-13)22-6)10-15(20)18-17(2,3)16(21)19(4)5/h7-9,11-12H,10H2,1-6H3,(H,18,20). The number of methoxy groups -OCH3 is 1. The van der Waals surface area contributed by atoms with Crippen LogP contribution in [0.2, 0.25) is 0 Å². The fourth-order valence-electron chi connectivity index (χ4n) is 2.36. The summed E-state index contributed by atoms with van der Waals surface area (Å²) in [5.41, 5.74) is 0.126. The van der Waals surface area contributed by atoms with Crippen LogP contribution in [-0.2, 0) is 9.59 Å². The molecule has 5 nitrogen and oxygen atoms in total. The minimum Gasteiger partial charge on any atom is -0.497 e. The topological polar surface area (TPSA) is 58.6 Å². The zero-order valence-corrected chi connectivity index (χ0v) is 14.3. The van der Waals surface area contributed by atoms with E-state index in [4.69, 9.17) is 4.74 Å². The Bertz CT molecular complexity index is 538. The van der Waals surface area contributed by atoms with Gasteiger partial charge in [0.25, 0.3) is 0 Å². The molecule has 1 aromatic carbocycles. The Labute approximate surface area is 132 Å². The van der Waals surface area contributed by atoms with Gasteiger partial charge in [-0.3, -0.25) is 9.59 Å². The highest BCUT2D eigenvalue weighted by Crippen LogP contribution is 2.23. The van der Waals surface area contributed by atoms with Gasteiger partial charge >= 0.3 is 0 Å². The van der Waals surface area contributed by atoms with Gasteiger partial charge in [-0.2, -0.15) is 0 Å². The summed E-state index contributed by atoms with van der Waals surface area (Å²) in [6.45, 7) is 5.40. The van der Waals surface area contributed by atoms with Gasteiger partial charge in [0.1, 0.15) is 11.3 Å². The molecule has 0 aliphatic rings. The van der Waals surface area contributed by atoms with Crippen LogP contribution in [0.5, 0.6) is 5.75 Å². The first-order chi connectivity index (χ1) is 10.2. The van der Waals surface area contributed by atoms with E-state index in [2.05, 4.69) is 5.32 Å². The van der Waals surface area contributed by atoms with E-state index in [-0.39, 0.29) is 17.7 Å². The molecular weight excluding hydrogens is 280 g/mol. The predicted octanol–water partition coefficient (Wildman–Crippen LogP) is 2.17. The van der Waals surface area contributed by atoms with E-state index in [1.165, 1.54) is 4.90 Å². The van der Waals surface area contributed by atoms with Gasteiger partial charge in [0.15, 0.2) is 0 Å². The smallest absolute Gasteiger partial charge is 0.247 e. The van der Waals surface area contributed by atoms with Gasteiger partial charge in [-0.15, -0.1) is 0 Å². The van der Waals surface area contributed by atoms with Crippen LogP contribution in [0.25, 0.3) is 0 Å². The lowest BCUT2D eigenvalue weighted by molar-refractivity contribution is -0.138. The fraction of sp³-hybridized carbons (Fsp3) is 0.529. The molecule has 0 saturated heterocycles. The van der Waals surface area contributed by atoms with E-state index in [0.29, 0.717) is 6.42 Å². The van der Waals surface area contributed by atoms with Gasteiger partial charge in [0.2, 0.25) is 11.8 Å². The van der Waals surface area contributed by atoms with E-state index in [1.54, 1.807) is 35.1 Å². The molecule has 1 aromatic rings. The lowest BCUT2D eigenvalue weighted by Gasteiger charge is -2.28. The van der Waals surface area contributed by atoms with Crippen molar-refractivity contribution in [3.05, 3.63) is 29.8 Å². The number of rotatable bonds is 6. The Morgan fingerprint density at radius 3 is 2.50 bits per heavy atom. The number of carbonyl (C=O) groups excluding carboxylic acids is 2. The van der Waals surface area contributed by atoms with Crippen molar-refractivity contribution >= 4 is 11.8 Å². The summed E-state index contributed by atoms with van der Waals surface area (Å²) in [6.07, 6.45) is 0.317. The third kappa shape index (κ3) is 4.76. The Balaban J connectivity index is 2.70. The molecule has 0 heterocycles. The largest absolute Gasteiger partial charge is 0.497 e. The SMILES string of the molecule is COc1cccc(C(C)CC(=O)NC(C)(C)C(=O)N(C)C)c1. The summed E-state index contributed by atoms with van der Waals surface area (Å²) in [5, 5.41) is 2.81. The molecule has 0 aliphatic heterocycles. The molecule has 0 bridgehead atoms. The van der Waals surface area contributed by atoms with Crippen LogP contribution in [0.15, 0.2) is 24.3 Å². The normalized spacial score (nSPS) is 12.5. The van der Waals surface area contributed by atoms with E-state index in [9.17, 15) is 9.59 Å². The number of ether oxygens (including phenoxy) is 1. The third-order valence-corrected chi connectivity index (χ3v) is 3.55. The summed E-state index contributed by atoms with van der Waals surface area (Å²) in [4.78, 5) is 25.7. The minimum atomic E-state index is -0.908. The molecule has 22 heavy (non-hydrogen) atoms. The molecule has 0 radical (unpaired) electrons. The van der Waals surface area contributed by atoms with E-state index >= 15 is 0 Å². The van der Waals surface area contributed by atoms with Crippen LogP contribution < -0.4 is 10.1 Å². The van der Waals surface area contributed by atoms with Crippen molar-refractivity contribution in [1.29, 1.82) is 0 Å². The average molecular weight is 306 g/mol. The zero-order valence-electron chi connectivity index (χ0n) is 14.3. The predicted molar refractivity (Wildman–Crippen MR) is 86.9 cm³/mol. The van der Waals surface area contributed by atoms with Gasteiger partial charge in [-0.1, -0.05) is 19.1 Å². The first kappa shape index (κ1) is 18.0. The quantitative estimate of drug-likeness (QED) is 0.876. The van der Waals surface area contributed by atoms with Crippen molar-refractivity contribution in [2.24, 2.45) is 0 Å². The molecule has 1 atom stereocenters. The van der Waals surface area contributed by atoms with E-state index in [0.717, 1.165) is 11.3 Å². The number of amides is 2. The van der Waals surface area contributed by atoms with Crippen LogP contribution >= 0.6 is 0 Å². The number of likely N-dealkylation sites (N-methyl/N-ethyl adjacent to an activating group) is 1. The Kier molecular flexibility index (Phi) is 5.97. The third-order valence-electron chi connectivity index (χ3n) is 3.55. The fourth-order valence-corrected chi connectivity index (χ4v) is 2.36. The van der Waals surface area contributed by atoms with Gasteiger partial charge in [0, 0.05) is 20.5 Å². The maximum absolute atomic E-state index is 12.2. The second-order valence-electron chi connectivity index (χ2n) is 6.25. The van der Waals surface area contributed by atoms with Crippen molar-refractivity contribution in [1.82, 2.24) is 10.2 Å². The zero-order chi connectivity index (χ0) is 16.9. The molecule has 1 rings (SSSR count). The molecule has 122 valence electrons. The highest BCUT2D eigenvalue weighted by atomic mass is 16.5. The lowest BCUT2D eigenvalue weighted by atomic mass is 9.96. The first-order valence-electron chi connectivity index (χ1n) is 7.34. The van der Waals surface area contributed by atoms with Crippen LogP contribution in [0.4, 0.5) is 0 Å². The molecule has 2 amide bonds. The number of hydrogen-bond donors (Lipinski definition) is 1. The number of benzene rings is 1. The molecular formula is C17H26N2O3. The monoisotopic (exact) mass is 306 g/mol. The molecule has 5 heteroatoms. The summed E-state index contributed by atoms with van der Waals surface area (Å²) in [6, 6.07) is 7.67. The van der Waals surface area contributed by atoms with E-state index in [1.807, 2.05) is 31.2 Å². The maximum atomic E-state index is 12.2. The van der Waals surface area contributed by atoms with Crippen molar-refractivity contribution in [2.45, 2.75) is 38.6 Å². The molecule has 1 unspecified atom stereocenters. The first-order valence-corrected chi connectivity index (χ1v) is 7.34. The van der Waals surface area contributed by atoms with Crippen LogP contribution in [0, 0.1) is 0 Å². The summed E-state index contributed by atoms with van der Waals surface area (Å²) in [5.74, 6) is 0.540. The van der Waals surface area contributed by atoms with Crippen LogP contribution in [0.1, 0.15) is 38.7 Å². The Hall–Kier alpha value is -2.04. The number of nitrogens with zero attached hydrogens (tertiary/aromatic N) is 1. The number of hydrogen-bond acceptors (Lipinski definition) is 3. The average Bonchev–Trinajstić information content (AvgIpc) is 2.45. The summed E-state index contributed by atoms with van der Waals surface area (Å²) >= 11 is 0. The van der Waals surface area contributed by atoms with Gasteiger partial charge in [0.05, 0.1) is 7.11 Å². The highest BCUT2D eigenvalue weighted by molar-refractivity contribution is 5.90. The number of carbonyl (C=O) groups is 2. The second-order valence-corrected chi connectivity index (χ2v) is 6.25. The van der Waals surface area contributed by atoms with E-state index < -0.39 is 5.54 Å². The van der Waals surface area contributed by atoms with Gasteiger partial charge in [-0.25, -0.2) is 0 Å². The minimum absolute atomic E-state index is 0.0420. The second kappa shape index (κ2) is 7.29. The summed E-state index contributed by atoms with van der Waals surface area (Å²) in [7, 11) is 4.97. The van der Waals surface area contributed by atoms with Crippen molar-refractivity contribution in [3.8, 4) is 5.75 Å². The molecule has 0 aromatic heterocycles. The van der Waals surface area contributed by atoms with Gasteiger partial charge < -0.3 is 15.0 Å². The molecule has 0 fully saturated rings. The van der Waals surface area contributed by atoms with Gasteiger partial charge in [-0.05, 0) is 37.5 Å². The van der Waals surface area contributed by atoms with Crippen molar-refractivity contribution in [2.75, 3.05) is 21.2 Å².